The number of halogens is 1. The van der Waals surface area contributed by atoms with Gasteiger partial charge in [-0.1, -0.05) is 23.7 Å². The van der Waals surface area contributed by atoms with Gasteiger partial charge in [-0.25, -0.2) is 18.1 Å². The number of nitrogens with one attached hydrogen (secondary N) is 2. The van der Waals surface area contributed by atoms with E-state index in [1.165, 1.54) is 12.3 Å². The van der Waals surface area contributed by atoms with Crippen LogP contribution in [0.4, 0.5) is 0 Å². The number of nitrogens with zero attached hydrogens (tertiary/aromatic N) is 2. The third-order valence-electron chi connectivity index (χ3n) is 5.84. The van der Waals surface area contributed by atoms with Crippen LogP contribution in [0.1, 0.15) is 16.7 Å². The molecule has 1 aliphatic heterocycles. The second-order valence-electron chi connectivity index (χ2n) is 7.81. The molecule has 0 bridgehead atoms. The monoisotopic (exact) mass is 476 g/mol. The van der Waals surface area contributed by atoms with Crippen LogP contribution >= 0.6 is 11.6 Å². The fourth-order valence-corrected chi connectivity index (χ4v) is 6.10. The number of benzene rings is 2. The number of sulfonamides is 1. The molecule has 0 unspecified atom stereocenters. The molecule has 9 heteroatoms. The normalized spacial score (nSPS) is 14.6. The Morgan fingerprint density at radius 3 is 2.76 bits per heavy atom. The Morgan fingerprint density at radius 2 is 1.97 bits per heavy atom. The molecule has 3 heterocycles. The second-order valence-corrected chi connectivity index (χ2v) is 9.92. The summed E-state index contributed by atoms with van der Waals surface area (Å²) in [4.78, 5) is 20.4. The maximum Gasteiger partial charge on any atom is 0.242 e. The molecule has 5 rings (SSSR count). The number of hydrogen-bond donors (Lipinski definition) is 2. The van der Waals surface area contributed by atoms with Crippen molar-refractivity contribution in [3.8, 4) is 28.5 Å². The average molecular weight is 477 g/mol. The fraction of sp³-hybridized carbons (Fsp3) is 0.125. The third-order valence-corrected chi connectivity index (χ3v) is 7.85. The van der Waals surface area contributed by atoms with Crippen LogP contribution in [0, 0.1) is 18.3 Å². The van der Waals surface area contributed by atoms with Crippen LogP contribution in [-0.4, -0.2) is 24.9 Å². The summed E-state index contributed by atoms with van der Waals surface area (Å²) in [6.07, 6.45) is 2.02. The van der Waals surface area contributed by atoms with Gasteiger partial charge in [0, 0.05) is 29.9 Å². The first kappa shape index (κ1) is 21.3. The molecule has 0 atom stereocenters. The molecule has 0 saturated carbocycles. The first-order valence-corrected chi connectivity index (χ1v) is 12.0. The van der Waals surface area contributed by atoms with Gasteiger partial charge in [-0.2, -0.15) is 5.26 Å². The molecule has 164 valence electrons. The van der Waals surface area contributed by atoms with Gasteiger partial charge in [0.15, 0.2) is 5.43 Å². The van der Waals surface area contributed by atoms with Crippen LogP contribution in [0.25, 0.3) is 33.4 Å². The minimum absolute atomic E-state index is 0.0787. The van der Waals surface area contributed by atoms with Gasteiger partial charge < -0.3 is 4.98 Å². The predicted molar refractivity (Wildman–Crippen MR) is 127 cm³/mol. The van der Waals surface area contributed by atoms with Crippen molar-refractivity contribution in [2.75, 3.05) is 6.54 Å². The lowest BCUT2D eigenvalue weighted by Gasteiger charge is -2.21. The van der Waals surface area contributed by atoms with Crippen LogP contribution < -0.4 is 10.2 Å². The Morgan fingerprint density at radius 1 is 1.15 bits per heavy atom. The fourth-order valence-electron chi connectivity index (χ4n) is 4.22. The molecular weight excluding hydrogens is 460 g/mol. The number of pyridine rings is 2. The van der Waals surface area contributed by atoms with Crippen molar-refractivity contribution < 1.29 is 8.42 Å². The smallest absolute Gasteiger partial charge is 0.242 e. The van der Waals surface area contributed by atoms with Gasteiger partial charge in [0.25, 0.3) is 0 Å². The quantitative estimate of drug-likeness (QED) is 0.455. The van der Waals surface area contributed by atoms with Crippen LogP contribution in [0.3, 0.4) is 0 Å². The van der Waals surface area contributed by atoms with E-state index >= 15 is 0 Å². The lowest BCUT2D eigenvalue weighted by Crippen LogP contribution is -2.32. The Kier molecular flexibility index (Phi) is 5.05. The summed E-state index contributed by atoms with van der Waals surface area (Å²) in [5.41, 5.74) is 4.66. The first-order chi connectivity index (χ1) is 15.8. The highest BCUT2D eigenvalue weighted by atomic mass is 35.5. The summed E-state index contributed by atoms with van der Waals surface area (Å²) in [5, 5.41) is 10.0. The Labute approximate surface area is 194 Å². The molecule has 2 N–H and O–H groups in total. The number of rotatable bonds is 2. The molecule has 2 aromatic heterocycles. The number of aromatic amines is 1. The summed E-state index contributed by atoms with van der Waals surface area (Å²) < 4.78 is 27.5. The van der Waals surface area contributed by atoms with Gasteiger partial charge >= 0.3 is 0 Å². The number of fused-ring (bicyclic) bond motifs is 2. The van der Waals surface area contributed by atoms with E-state index in [4.69, 9.17) is 16.6 Å². The summed E-state index contributed by atoms with van der Waals surface area (Å²) >= 11 is 6.46. The highest BCUT2D eigenvalue weighted by Gasteiger charge is 2.27. The van der Waals surface area contributed by atoms with Gasteiger partial charge in [-0.15, -0.1) is 0 Å². The van der Waals surface area contributed by atoms with Gasteiger partial charge in [0.1, 0.15) is 10.5 Å². The van der Waals surface area contributed by atoms with E-state index in [0.29, 0.717) is 45.4 Å². The molecule has 2 aromatic carbocycles. The summed E-state index contributed by atoms with van der Waals surface area (Å²) in [6.45, 7) is 2.12. The van der Waals surface area contributed by atoms with E-state index in [-0.39, 0.29) is 21.9 Å². The minimum Gasteiger partial charge on any atom is -0.346 e. The van der Waals surface area contributed by atoms with E-state index in [0.717, 1.165) is 11.1 Å². The molecule has 4 aromatic rings. The van der Waals surface area contributed by atoms with E-state index < -0.39 is 10.0 Å². The Balaban J connectivity index is 1.87. The van der Waals surface area contributed by atoms with Gasteiger partial charge in [0.2, 0.25) is 10.0 Å². The Hall–Kier alpha value is -3.51. The van der Waals surface area contributed by atoms with Crippen molar-refractivity contribution in [2.45, 2.75) is 18.2 Å². The molecule has 0 radical (unpaired) electrons. The summed E-state index contributed by atoms with van der Waals surface area (Å²) in [7, 11) is -3.68. The predicted octanol–water partition coefficient (Wildman–Crippen LogP) is 3.93. The topological polar surface area (TPSA) is 116 Å². The number of hydrogen-bond acceptors (Lipinski definition) is 5. The zero-order valence-corrected chi connectivity index (χ0v) is 19.0. The van der Waals surface area contributed by atoms with E-state index in [1.54, 1.807) is 30.3 Å². The van der Waals surface area contributed by atoms with Crippen molar-refractivity contribution >= 4 is 32.7 Å². The molecule has 0 fully saturated rings. The van der Waals surface area contributed by atoms with Crippen molar-refractivity contribution in [3.63, 3.8) is 0 Å². The zero-order chi connectivity index (χ0) is 23.3. The number of nitriles is 1. The first-order valence-electron chi connectivity index (χ1n) is 10.1. The van der Waals surface area contributed by atoms with Crippen molar-refractivity contribution in [1.82, 2.24) is 14.7 Å². The molecule has 0 spiro atoms. The lowest BCUT2D eigenvalue weighted by atomic mass is 9.92. The van der Waals surface area contributed by atoms with Crippen molar-refractivity contribution in [1.29, 1.82) is 5.26 Å². The number of H-pyrrole nitrogens is 1. The molecule has 1 aliphatic rings. The maximum atomic E-state index is 12.5. The van der Waals surface area contributed by atoms with Gasteiger partial charge in [-0.3, -0.25) is 4.79 Å². The maximum absolute atomic E-state index is 12.5. The van der Waals surface area contributed by atoms with Crippen molar-refractivity contribution in [2.24, 2.45) is 0 Å². The molecule has 7 nitrogen and oxygen atoms in total. The van der Waals surface area contributed by atoms with Gasteiger partial charge in [-0.05, 0) is 54.3 Å². The SMILES string of the molecule is Cc1c(C#N)cccc1-c1nc2[nH]ccc(=O)c2cc1-c1cc(Cl)c2c(c1)CCNS2(=O)=O. The van der Waals surface area contributed by atoms with E-state index in [2.05, 4.69) is 15.8 Å². The highest BCUT2D eigenvalue weighted by molar-refractivity contribution is 7.89. The van der Waals surface area contributed by atoms with Crippen LogP contribution in [-0.2, 0) is 16.4 Å². The van der Waals surface area contributed by atoms with Crippen LogP contribution in [0.2, 0.25) is 5.02 Å². The standard InChI is InChI=1S/C24H17ClN4O3S/c1-13-15(12-26)3-2-4-17(13)22-18(11-19-21(30)6-7-27-24(19)29-22)16-9-14-5-8-28-33(31,32)23(14)20(25)10-16/h2-4,6-7,9-11,28H,5,8H2,1H3,(H,27,29,30). The molecule has 0 amide bonds. The van der Waals surface area contributed by atoms with Gasteiger partial charge in [0.05, 0.1) is 27.7 Å². The lowest BCUT2D eigenvalue weighted by molar-refractivity contribution is 0.573. The second kappa shape index (κ2) is 7.81. The van der Waals surface area contributed by atoms with E-state index in [1.807, 2.05) is 13.0 Å². The Bertz CT molecular complexity index is 1670. The highest BCUT2D eigenvalue weighted by Crippen LogP contribution is 2.39. The average Bonchev–Trinajstić information content (AvgIpc) is 2.78. The third kappa shape index (κ3) is 3.51. The zero-order valence-electron chi connectivity index (χ0n) is 17.4. The minimum atomic E-state index is -3.68. The van der Waals surface area contributed by atoms with Crippen LogP contribution in [0.5, 0.6) is 0 Å². The molecular formula is C24H17ClN4O3S. The molecule has 0 saturated heterocycles. The van der Waals surface area contributed by atoms with Crippen molar-refractivity contribution in [3.05, 3.63) is 80.6 Å². The largest absolute Gasteiger partial charge is 0.346 e. The van der Waals surface area contributed by atoms with E-state index in [9.17, 15) is 18.5 Å². The summed E-state index contributed by atoms with van der Waals surface area (Å²) in [6, 6.07) is 14.1. The number of aromatic nitrogens is 2. The van der Waals surface area contributed by atoms with Crippen LogP contribution in [0.15, 0.2) is 58.4 Å². The molecule has 0 aliphatic carbocycles. The molecule has 33 heavy (non-hydrogen) atoms. The summed E-state index contributed by atoms with van der Waals surface area (Å²) in [5.74, 6) is 0.